The zero-order valence-corrected chi connectivity index (χ0v) is 16.2. The molecule has 2 saturated heterocycles. The Morgan fingerprint density at radius 3 is 2.81 bits per heavy atom. The van der Waals surface area contributed by atoms with Crippen molar-refractivity contribution in [3.8, 4) is 0 Å². The number of nitrogens with zero attached hydrogens (tertiary/aromatic N) is 3. The summed E-state index contributed by atoms with van der Waals surface area (Å²) in [6.07, 6.45) is 8.47. The van der Waals surface area contributed by atoms with Crippen molar-refractivity contribution in [2.75, 3.05) is 26.2 Å². The Balaban J connectivity index is 1.30. The van der Waals surface area contributed by atoms with Crippen molar-refractivity contribution in [1.29, 1.82) is 0 Å². The average Bonchev–Trinajstić information content (AvgIpc) is 3.38. The van der Waals surface area contributed by atoms with Crippen molar-refractivity contribution in [2.24, 2.45) is 5.92 Å². The molecule has 5 nitrogen and oxygen atoms in total. The fourth-order valence-electron chi connectivity index (χ4n) is 4.43. The van der Waals surface area contributed by atoms with Crippen LogP contribution in [0.15, 0.2) is 36.7 Å². The second-order valence-corrected chi connectivity index (χ2v) is 8.01. The van der Waals surface area contributed by atoms with Gasteiger partial charge in [0.1, 0.15) is 5.82 Å². The maximum atomic E-state index is 13.0. The van der Waals surface area contributed by atoms with Gasteiger partial charge in [-0.3, -0.25) is 4.79 Å². The Labute approximate surface area is 161 Å². The summed E-state index contributed by atoms with van der Waals surface area (Å²) in [4.78, 5) is 19.3. The molecule has 1 N–H and O–H groups in total. The predicted molar refractivity (Wildman–Crippen MR) is 107 cm³/mol. The molecule has 0 radical (unpaired) electrons. The first kappa shape index (κ1) is 18.2. The molecule has 1 aromatic heterocycles. The Bertz CT molecular complexity index is 770. The van der Waals surface area contributed by atoms with Crippen LogP contribution < -0.4 is 5.32 Å². The van der Waals surface area contributed by atoms with Crippen LogP contribution in [-0.4, -0.2) is 46.5 Å². The number of imidazole rings is 1. The summed E-state index contributed by atoms with van der Waals surface area (Å²) in [6.45, 7) is 6.94. The van der Waals surface area contributed by atoms with Gasteiger partial charge in [-0.05, 0) is 68.7 Å². The zero-order chi connectivity index (χ0) is 18.6. The number of benzene rings is 1. The van der Waals surface area contributed by atoms with Crippen molar-refractivity contribution in [3.05, 3.63) is 53.6 Å². The lowest BCUT2D eigenvalue weighted by Crippen LogP contribution is -2.38. The topological polar surface area (TPSA) is 50.2 Å². The highest BCUT2D eigenvalue weighted by atomic mass is 16.2. The molecule has 0 aliphatic carbocycles. The molecule has 4 rings (SSSR count). The van der Waals surface area contributed by atoms with Gasteiger partial charge in [-0.1, -0.05) is 12.1 Å². The second kappa shape index (κ2) is 8.26. The van der Waals surface area contributed by atoms with Gasteiger partial charge < -0.3 is 14.8 Å². The first-order valence-electron chi connectivity index (χ1n) is 10.3. The number of likely N-dealkylation sites (tertiary alicyclic amines) is 1. The van der Waals surface area contributed by atoms with Gasteiger partial charge in [0, 0.05) is 44.1 Å². The maximum absolute atomic E-state index is 13.0. The van der Waals surface area contributed by atoms with E-state index in [1.807, 2.05) is 23.2 Å². The quantitative estimate of drug-likeness (QED) is 0.884. The third-order valence-corrected chi connectivity index (χ3v) is 6.27. The van der Waals surface area contributed by atoms with Crippen molar-refractivity contribution in [2.45, 2.75) is 45.1 Å². The number of carbonyl (C=O) groups excluding carboxylic acids is 1. The molecule has 0 spiro atoms. The molecule has 1 aromatic carbocycles. The molecule has 0 saturated carbocycles. The molecule has 1 amide bonds. The minimum absolute atomic E-state index is 0.201. The van der Waals surface area contributed by atoms with E-state index in [9.17, 15) is 4.79 Å². The van der Waals surface area contributed by atoms with Gasteiger partial charge in [0.25, 0.3) is 5.91 Å². The fourth-order valence-corrected chi connectivity index (χ4v) is 4.43. The monoisotopic (exact) mass is 366 g/mol. The normalized spacial score (nSPS) is 20.9. The predicted octanol–water partition coefficient (Wildman–Crippen LogP) is 3.21. The van der Waals surface area contributed by atoms with Crippen molar-refractivity contribution < 1.29 is 4.79 Å². The molecule has 2 fully saturated rings. The summed E-state index contributed by atoms with van der Waals surface area (Å²) in [5.74, 6) is 2.54. The van der Waals surface area contributed by atoms with Crippen molar-refractivity contribution >= 4 is 5.91 Å². The molecule has 2 aromatic rings. The fraction of sp³-hybridized carbons (Fsp3) is 0.545. The summed E-state index contributed by atoms with van der Waals surface area (Å²) in [5.41, 5.74) is 2.16. The summed E-state index contributed by atoms with van der Waals surface area (Å²) in [6, 6.07) is 8.30. The Morgan fingerprint density at radius 1 is 1.26 bits per heavy atom. The van der Waals surface area contributed by atoms with Crippen LogP contribution >= 0.6 is 0 Å². The van der Waals surface area contributed by atoms with Crippen LogP contribution in [0.3, 0.4) is 0 Å². The molecule has 144 valence electrons. The van der Waals surface area contributed by atoms with E-state index in [0.29, 0.717) is 11.8 Å². The molecule has 2 aliphatic heterocycles. The lowest BCUT2D eigenvalue weighted by atomic mass is 9.92. The highest BCUT2D eigenvalue weighted by molar-refractivity contribution is 5.94. The third-order valence-electron chi connectivity index (χ3n) is 6.27. The molecule has 2 aliphatic rings. The summed E-state index contributed by atoms with van der Waals surface area (Å²) < 4.78 is 2.22. The van der Waals surface area contributed by atoms with Gasteiger partial charge >= 0.3 is 0 Å². The SMILES string of the molecule is Cc1nccn1CCC1CCN(C(=O)c2cccc(C3CCNC3)c2)CC1. The van der Waals surface area contributed by atoms with E-state index in [1.54, 1.807) is 0 Å². The first-order valence-corrected chi connectivity index (χ1v) is 10.3. The zero-order valence-electron chi connectivity index (χ0n) is 16.2. The Hall–Kier alpha value is -2.14. The number of aromatic nitrogens is 2. The molecule has 1 atom stereocenters. The van der Waals surface area contributed by atoms with Crippen LogP contribution in [0.1, 0.15) is 53.3 Å². The lowest BCUT2D eigenvalue weighted by molar-refractivity contribution is 0.0684. The van der Waals surface area contributed by atoms with Gasteiger partial charge in [-0.15, -0.1) is 0 Å². The van der Waals surface area contributed by atoms with Crippen LogP contribution in [0.5, 0.6) is 0 Å². The van der Waals surface area contributed by atoms with Gasteiger partial charge in [-0.25, -0.2) is 4.98 Å². The smallest absolute Gasteiger partial charge is 0.253 e. The van der Waals surface area contributed by atoms with Gasteiger partial charge in [0.15, 0.2) is 0 Å². The first-order chi connectivity index (χ1) is 13.2. The van der Waals surface area contributed by atoms with Crippen LogP contribution in [0.4, 0.5) is 0 Å². The maximum Gasteiger partial charge on any atom is 0.253 e. The van der Waals surface area contributed by atoms with Crippen LogP contribution in [0, 0.1) is 12.8 Å². The number of hydrogen-bond donors (Lipinski definition) is 1. The number of rotatable bonds is 5. The summed E-state index contributed by atoms with van der Waals surface area (Å²) >= 11 is 0. The molecule has 3 heterocycles. The average molecular weight is 367 g/mol. The molecular formula is C22H30N4O. The largest absolute Gasteiger partial charge is 0.339 e. The van der Waals surface area contributed by atoms with E-state index in [-0.39, 0.29) is 5.91 Å². The van der Waals surface area contributed by atoms with Gasteiger partial charge in [-0.2, -0.15) is 0 Å². The van der Waals surface area contributed by atoms with Crippen LogP contribution in [-0.2, 0) is 6.54 Å². The van der Waals surface area contributed by atoms with E-state index in [0.717, 1.165) is 57.0 Å². The number of aryl methyl sites for hydroxylation is 2. The van der Waals surface area contributed by atoms with Gasteiger partial charge in [0.2, 0.25) is 0 Å². The lowest BCUT2D eigenvalue weighted by Gasteiger charge is -2.32. The van der Waals surface area contributed by atoms with Crippen LogP contribution in [0.25, 0.3) is 0 Å². The standard InChI is InChI=1S/C22H30N4O/c1-17-24-10-14-25(17)11-6-18-7-12-26(13-8-18)22(27)20-4-2-3-19(15-20)21-5-9-23-16-21/h2-4,10,14-15,18,21,23H,5-9,11-13,16H2,1H3. The second-order valence-electron chi connectivity index (χ2n) is 8.01. The van der Waals surface area contributed by atoms with E-state index in [1.165, 1.54) is 18.4 Å². The number of nitrogens with one attached hydrogen (secondary N) is 1. The molecule has 0 bridgehead atoms. The third kappa shape index (κ3) is 4.24. The molecular weight excluding hydrogens is 336 g/mol. The molecule has 5 heteroatoms. The van der Waals surface area contributed by atoms with E-state index < -0.39 is 0 Å². The van der Waals surface area contributed by atoms with Crippen molar-refractivity contribution in [1.82, 2.24) is 19.8 Å². The van der Waals surface area contributed by atoms with E-state index in [2.05, 4.69) is 40.1 Å². The number of piperidine rings is 1. The number of amides is 1. The van der Waals surface area contributed by atoms with E-state index in [4.69, 9.17) is 0 Å². The minimum Gasteiger partial charge on any atom is -0.339 e. The summed E-state index contributed by atoms with van der Waals surface area (Å²) in [5, 5.41) is 3.41. The van der Waals surface area contributed by atoms with Crippen LogP contribution in [0.2, 0.25) is 0 Å². The highest BCUT2D eigenvalue weighted by Crippen LogP contribution is 2.25. The van der Waals surface area contributed by atoms with E-state index >= 15 is 0 Å². The Kier molecular flexibility index (Phi) is 5.58. The highest BCUT2D eigenvalue weighted by Gasteiger charge is 2.24. The molecule has 1 unspecified atom stereocenters. The number of hydrogen-bond acceptors (Lipinski definition) is 3. The minimum atomic E-state index is 0.201. The van der Waals surface area contributed by atoms with Crippen molar-refractivity contribution in [3.63, 3.8) is 0 Å². The number of carbonyl (C=O) groups is 1. The molecule has 27 heavy (non-hydrogen) atoms. The Morgan fingerprint density at radius 2 is 2.11 bits per heavy atom. The van der Waals surface area contributed by atoms with Gasteiger partial charge in [0.05, 0.1) is 0 Å². The summed E-state index contributed by atoms with van der Waals surface area (Å²) in [7, 11) is 0.